The summed E-state index contributed by atoms with van der Waals surface area (Å²) >= 11 is 0. The molecule has 0 radical (unpaired) electrons. The van der Waals surface area contributed by atoms with Gasteiger partial charge in [-0.3, -0.25) is 4.79 Å². The maximum absolute atomic E-state index is 12.2. The lowest BCUT2D eigenvalue weighted by molar-refractivity contribution is -0.137. The first-order chi connectivity index (χ1) is 9.30. The molecule has 0 bridgehead atoms. The van der Waals surface area contributed by atoms with Crippen molar-refractivity contribution in [2.75, 3.05) is 0 Å². The number of sulfonamides is 1. The van der Waals surface area contributed by atoms with Crippen LogP contribution in [0.15, 0.2) is 11.2 Å². The van der Waals surface area contributed by atoms with Crippen molar-refractivity contribution in [1.82, 2.24) is 14.3 Å². The average Bonchev–Trinajstić information content (AvgIpc) is 2.70. The van der Waals surface area contributed by atoms with Gasteiger partial charge in [-0.1, -0.05) is 13.3 Å². The van der Waals surface area contributed by atoms with Gasteiger partial charge in [-0.2, -0.15) is 0 Å². The van der Waals surface area contributed by atoms with Gasteiger partial charge in [0.2, 0.25) is 0 Å². The van der Waals surface area contributed by atoms with Gasteiger partial charge in [-0.25, -0.2) is 18.1 Å². The molecule has 0 aromatic carbocycles. The van der Waals surface area contributed by atoms with Crippen LogP contribution in [0.25, 0.3) is 0 Å². The zero-order valence-electron chi connectivity index (χ0n) is 12.0. The van der Waals surface area contributed by atoms with Crippen LogP contribution in [0.5, 0.6) is 0 Å². The van der Waals surface area contributed by atoms with Crippen LogP contribution in [-0.2, 0) is 21.4 Å². The van der Waals surface area contributed by atoms with Gasteiger partial charge < -0.3 is 9.67 Å². The van der Waals surface area contributed by atoms with Crippen LogP contribution in [-0.4, -0.2) is 35.1 Å². The Bertz CT molecular complexity index is 565. The summed E-state index contributed by atoms with van der Waals surface area (Å²) in [5.41, 5.74) is 0. The molecule has 1 rings (SSSR count). The van der Waals surface area contributed by atoms with E-state index in [1.165, 1.54) is 6.20 Å². The molecule has 0 saturated carbocycles. The van der Waals surface area contributed by atoms with E-state index < -0.39 is 22.0 Å². The molecule has 20 heavy (non-hydrogen) atoms. The molecule has 0 amide bonds. The fraction of sp³-hybridized carbons (Fsp3) is 0.667. The predicted molar refractivity (Wildman–Crippen MR) is 73.9 cm³/mol. The van der Waals surface area contributed by atoms with Gasteiger partial charge in [0.15, 0.2) is 5.03 Å². The number of aryl methyl sites for hydroxylation is 2. The van der Waals surface area contributed by atoms with E-state index in [0.717, 1.165) is 0 Å². The van der Waals surface area contributed by atoms with Gasteiger partial charge in [0, 0.05) is 18.8 Å². The largest absolute Gasteiger partial charge is 0.481 e. The summed E-state index contributed by atoms with van der Waals surface area (Å²) in [6, 6.07) is -0.616. The van der Waals surface area contributed by atoms with Crippen molar-refractivity contribution in [2.24, 2.45) is 0 Å². The highest BCUT2D eigenvalue weighted by Gasteiger charge is 2.24. The number of hydrogen-bond donors (Lipinski definition) is 2. The molecule has 0 aliphatic heterocycles. The lowest BCUT2D eigenvalue weighted by atomic mass is 10.1. The van der Waals surface area contributed by atoms with Crippen molar-refractivity contribution in [1.29, 1.82) is 0 Å². The first-order valence-corrected chi connectivity index (χ1v) is 8.06. The quantitative estimate of drug-likeness (QED) is 0.749. The van der Waals surface area contributed by atoms with E-state index in [1.807, 2.05) is 13.8 Å². The van der Waals surface area contributed by atoms with E-state index in [0.29, 0.717) is 25.2 Å². The van der Waals surface area contributed by atoms with Gasteiger partial charge in [-0.05, 0) is 20.3 Å². The van der Waals surface area contributed by atoms with E-state index >= 15 is 0 Å². The molecule has 0 aliphatic rings. The summed E-state index contributed by atoms with van der Waals surface area (Å²) in [6.07, 6.45) is 2.39. The molecular formula is C12H21N3O4S. The number of aromatic nitrogens is 2. The molecule has 0 saturated heterocycles. The molecule has 1 atom stereocenters. The second kappa shape index (κ2) is 6.85. The van der Waals surface area contributed by atoms with E-state index in [4.69, 9.17) is 5.11 Å². The Morgan fingerprint density at radius 1 is 1.50 bits per heavy atom. The normalized spacial score (nSPS) is 13.3. The Morgan fingerprint density at radius 2 is 2.15 bits per heavy atom. The minimum atomic E-state index is -3.78. The number of carboxylic acid groups (broad SMARTS) is 1. The lowest BCUT2D eigenvalue weighted by Crippen LogP contribution is -2.36. The van der Waals surface area contributed by atoms with Gasteiger partial charge in [0.05, 0.1) is 6.42 Å². The monoisotopic (exact) mass is 303 g/mol. The molecular weight excluding hydrogens is 282 g/mol. The molecule has 1 unspecified atom stereocenters. The van der Waals surface area contributed by atoms with Gasteiger partial charge >= 0.3 is 5.97 Å². The van der Waals surface area contributed by atoms with E-state index in [2.05, 4.69) is 9.71 Å². The molecule has 1 aromatic heterocycles. The maximum Gasteiger partial charge on any atom is 0.304 e. The van der Waals surface area contributed by atoms with E-state index in [1.54, 1.807) is 11.5 Å². The van der Waals surface area contributed by atoms with Gasteiger partial charge in [0.25, 0.3) is 10.0 Å². The van der Waals surface area contributed by atoms with Crippen LogP contribution in [0.2, 0.25) is 0 Å². The number of carbonyl (C=O) groups is 1. The van der Waals surface area contributed by atoms with Crippen molar-refractivity contribution in [2.45, 2.75) is 57.6 Å². The highest BCUT2D eigenvalue weighted by Crippen LogP contribution is 2.12. The predicted octanol–water partition coefficient (Wildman–Crippen LogP) is 1.13. The lowest BCUT2D eigenvalue weighted by Gasteiger charge is -2.15. The van der Waals surface area contributed by atoms with Crippen LogP contribution in [0.4, 0.5) is 0 Å². The average molecular weight is 303 g/mol. The van der Waals surface area contributed by atoms with E-state index in [9.17, 15) is 13.2 Å². The molecule has 1 aromatic rings. The molecule has 114 valence electrons. The Hall–Kier alpha value is -1.41. The fourth-order valence-corrected chi connectivity index (χ4v) is 3.25. The van der Waals surface area contributed by atoms with Crippen molar-refractivity contribution in [3.05, 3.63) is 12.0 Å². The number of imidazole rings is 1. The smallest absolute Gasteiger partial charge is 0.304 e. The Labute approximate surface area is 119 Å². The molecule has 0 aliphatic carbocycles. The number of hydrogen-bond acceptors (Lipinski definition) is 4. The molecule has 0 fully saturated rings. The van der Waals surface area contributed by atoms with E-state index in [-0.39, 0.29) is 11.4 Å². The number of rotatable bonds is 8. The molecule has 8 heteroatoms. The van der Waals surface area contributed by atoms with Crippen LogP contribution >= 0.6 is 0 Å². The topological polar surface area (TPSA) is 101 Å². The summed E-state index contributed by atoms with van der Waals surface area (Å²) in [5, 5.41) is 8.74. The summed E-state index contributed by atoms with van der Waals surface area (Å²) < 4.78 is 28.5. The Morgan fingerprint density at radius 3 is 2.60 bits per heavy atom. The van der Waals surface area contributed by atoms with Crippen LogP contribution < -0.4 is 4.72 Å². The second-order valence-electron chi connectivity index (χ2n) is 4.62. The minimum Gasteiger partial charge on any atom is -0.481 e. The van der Waals surface area contributed by atoms with Gasteiger partial charge in [0.1, 0.15) is 5.82 Å². The second-order valence-corrected chi connectivity index (χ2v) is 6.28. The zero-order valence-corrected chi connectivity index (χ0v) is 12.8. The number of aliphatic carboxylic acids is 1. The Kier molecular flexibility index (Phi) is 5.70. The Balaban J connectivity index is 2.93. The summed E-state index contributed by atoms with van der Waals surface area (Å²) in [5.74, 6) is -0.417. The highest BCUT2D eigenvalue weighted by atomic mass is 32.2. The summed E-state index contributed by atoms with van der Waals surface area (Å²) in [4.78, 5) is 14.8. The van der Waals surface area contributed by atoms with Crippen molar-refractivity contribution in [3.63, 3.8) is 0 Å². The molecule has 7 nitrogen and oxygen atoms in total. The third kappa shape index (κ3) is 4.31. The van der Waals surface area contributed by atoms with Crippen LogP contribution in [0, 0.1) is 6.92 Å². The standard InChI is InChI=1S/C12H21N3O4S/c1-4-6-10(7-12(16)17)14-20(18,19)11-8-15(5-2)9(3)13-11/h8,10,14H,4-7H2,1-3H3,(H,16,17). The SMILES string of the molecule is CCCC(CC(=O)O)NS(=O)(=O)c1cn(CC)c(C)n1. The van der Waals surface area contributed by atoms with Crippen LogP contribution in [0.3, 0.4) is 0 Å². The van der Waals surface area contributed by atoms with Crippen molar-refractivity contribution in [3.8, 4) is 0 Å². The third-order valence-electron chi connectivity index (χ3n) is 2.95. The number of carboxylic acids is 1. The fourth-order valence-electron chi connectivity index (χ4n) is 1.97. The third-order valence-corrected chi connectivity index (χ3v) is 4.34. The van der Waals surface area contributed by atoms with Crippen LogP contribution in [0.1, 0.15) is 38.9 Å². The number of nitrogens with zero attached hydrogens (tertiary/aromatic N) is 2. The van der Waals surface area contributed by atoms with Crippen molar-refractivity contribution < 1.29 is 18.3 Å². The van der Waals surface area contributed by atoms with Gasteiger partial charge in [-0.15, -0.1) is 0 Å². The first kappa shape index (κ1) is 16.6. The first-order valence-electron chi connectivity index (χ1n) is 6.58. The minimum absolute atomic E-state index is 0.0664. The van der Waals surface area contributed by atoms with Crippen molar-refractivity contribution >= 4 is 16.0 Å². The molecule has 2 N–H and O–H groups in total. The molecule has 0 spiro atoms. The maximum atomic E-state index is 12.2. The summed E-state index contributed by atoms with van der Waals surface area (Å²) in [7, 11) is -3.78. The summed E-state index contributed by atoms with van der Waals surface area (Å²) in [6.45, 7) is 6.12. The number of nitrogens with one attached hydrogen (secondary N) is 1. The zero-order chi connectivity index (χ0) is 15.3. The molecule has 1 heterocycles. The highest BCUT2D eigenvalue weighted by molar-refractivity contribution is 7.89.